The summed E-state index contributed by atoms with van der Waals surface area (Å²) in [5.41, 5.74) is -1.59. The van der Waals surface area contributed by atoms with Gasteiger partial charge in [-0.15, -0.1) is 0 Å². The monoisotopic (exact) mass is 244 g/mol. The number of carbonyl (C=O) groups is 1. The molecular formula is C11H14F2N2O2. The molecule has 17 heavy (non-hydrogen) atoms. The van der Waals surface area contributed by atoms with E-state index in [0.717, 1.165) is 0 Å². The summed E-state index contributed by atoms with van der Waals surface area (Å²) in [5, 5.41) is 13.3. The number of rotatable bonds is 3. The fraction of sp³-hybridized carbons (Fsp3) is 0.636. The lowest BCUT2D eigenvalue weighted by molar-refractivity contribution is -0.160. The highest BCUT2D eigenvalue weighted by Gasteiger charge is 2.53. The lowest BCUT2D eigenvalue weighted by atomic mass is 9.72. The largest absolute Gasteiger partial charge is 0.479 e. The van der Waals surface area contributed by atoms with Gasteiger partial charge in [0.15, 0.2) is 5.54 Å². The first-order valence-corrected chi connectivity index (χ1v) is 5.60. The van der Waals surface area contributed by atoms with Crippen LogP contribution < -0.4 is 0 Å². The van der Waals surface area contributed by atoms with Crippen LogP contribution >= 0.6 is 0 Å². The summed E-state index contributed by atoms with van der Waals surface area (Å²) in [6.07, 6.45) is 1.94. The lowest BCUT2D eigenvalue weighted by Gasteiger charge is -2.40. The third-order valence-corrected chi connectivity index (χ3v) is 3.52. The first-order chi connectivity index (χ1) is 8.09. The van der Waals surface area contributed by atoms with Gasteiger partial charge < -0.3 is 5.11 Å². The SMILES string of the molecule is O=C(O)C1(n2cccn2)CCCCC1C(F)F. The van der Waals surface area contributed by atoms with E-state index in [2.05, 4.69) is 5.10 Å². The lowest BCUT2D eigenvalue weighted by Crippen LogP contribution is -2.52. The van der Waals surface area contributed by atoms with Crippen molar-refractivity contribution in [2.24, 2.45) is 5.92 Å². The fourth-order valence-electron chi connectivity index (χ4n) is 2.67. The van der Waals surface area contributed by atoms with Crippen molar-refractivity contribution in [3.8, 4) is 0 Å². The minimum atomic E-state index is -2.64. The van der Waals surface area contributed by atoms with E-state index in [9.17, 15) is 18.7 Å². The Kier molecular flexibility index (Phi) is 3.13. The van der Waals surface area contributed by atoms with Crippen LogP contribution in [0.3, 0.4) is 0 Å². The minimum absolute atomic E-state index is 0.207. The first-order valence-electron chi connectivity index (χ1n) is 5.60. The van der Waals surface area contributed by atoms with E-state index < -0.39 is 23.9 Å². The van der Waals surface area contributed by atoms with Crippen LogP contribution in [0.1, 0.15) is 25.7 Å². The van der Waals surface area contributed by atoms with E-state index >= 15 is 0 Å². The van der Waals surface area contributed by atoms with Gasteiger partial charge in [-0.3, -0.25) is 4.68 Å². The van der Waals surface area contributed by atoms with Crippen molar-refractivity contribution in [3.63, 3.8) is 0 Å². The number of hydrogen-bond acceptors (Lipinski definition) is 2. The summed E-state index contributed by atoms with van der Waals surface area (Å²) in [5.74, 6) is -2.39. The molecule has 0 spiro atoms. The second-order valence-electron chi connectivity index (χ2n) is 4.37. The van der Waals surface area contributed by atoms with Gasteiger partial charge in [-0.05, 0) is 18.9 Å². The quantitative estimate of drug-likeness (QED) is 0.886. The number of halogens is 2. The summed E-state index contributed by atoms with van der Waals surface area (Å²) in [7, 11) is 0. The van der Waals surface area contributed by atoms with Crippen LogP contribution in [0.4, 0.5) is 8.78 Å². The Bertz CT molecular complexity index is 394. The number of alkyl halides is 2. The predicted molar refractivity (Wildman–Crippen MR) is 55.8 cm³/mol. The molecule has 0 aliphatic heterocycles. The van der Waals surface area contributed by atoms with Gasteiger partial charge in [0, 0.05) is 12.4 Å². The second-order valence-corrected chi connectivity index (χ2v) is 4.37. The molecular weight excluding hydrogens is 230 g/mol. The highest BCUT2D eigenvalue weighted by atomic mass is 19.3. The maximum atomic E-state index is 13.1. The van der Waals surface area contributed by atoms with Gasteiger partial charge in [-0.25, -0.2) is 13.6 Å². The van der Waals surface area contributed by atoms with Crippen molar-refractivity contribution < 1.29 is 18.7 Å². The second kappa shape index (κ2) is 4.43. The van der Waals surface area contributed by atoms with Gasteiger partial charge >= 0.3 is 5.97 Å². The minimum Gasteiger partial charge on any atom is -0.479 e. The summed E-state index contributed by atoms with van der Waals surface area (Å²) in [4.78, 5) is 11.5. The van der Waals surface area contributed by atoms with E-state index in [1.807, 2.05) is 0 Å². The molecule has 0 aromatic carbocycles. The van der Waals surface area contributed by atoms with Crippen LogP contribution in [0.5, 0.6) is 0 Å². The van der Waals surface area contributed by atoms with E-state index in [1.54, 1.807) is 6.07 Å². The molecule has 1 aromatic heterocycles. The Morgan fingerprint density at radius 1 is 1.53 bits per heavy atom. The van der Waals surface area contributed by atoms with Gasteiger partial charge in [-0.1, -0.05) is 12.8 Å². The number of aromatic nitrogens is 2. The van der Waals surface area contributed by atoms with Gasteiger partial charge in [-0.2, -0.15) is 5.10 Å². The molecule has 2 unspecified atom stereocenters. The molecule has 2 atom stereocenters. The Morgan fingerprint density at radius 2 is 2.29 bits per heavy atom. The summed E-state index contributed by atoms with van der Waals surface area (Å²) < 4.78 is 27.3. The third kappa shape index (κ3) is 1.81. The van der Waals surface area contributed by atoms with Crippen LogP contribution in [0.25, 0.3) is 0 Å². The summed E-state index contributed by atoms with van der Waals surface area (Å²) >= 11 is 0. The Morgan fingerprint density at radius 3 is 2.82 bits per heavy atom. The molecule has 0 saturated heterocycles. The topological polar surface area (TPSA) is 55.1 Å². The van der Waals surface area contributed by atoms with Crippen molar-refractivity contribution >= 4 is 5.97 Å². The molecule has 94 valence electrons. The highest BCUT2D eigenvalue weighted by Crippen LogP contribution is 2.42. The molecule has 1 aliphatic rings. The average molecular weight is 244 g/mol. The van der Waals surface area contributed by atoms with Crippen molar-refractivity contribution in [2.75, 3.05) is 0 Å². The third-order valence-electron chi connectivity index (χ3n) is 3.52. The van der Waals surface area contributed by atoms with Crippen LogP contribution in [0.2, 0.25) is 0 Å². The van der Waals surface area contributed by atoms with E-state index in [-0.39, 0.29) is 12.8 Å². The first kappa shape index (κ1) is 12.0. The molecule has 1 aromatic rings. The van der Waals surface area contributed by atoms with Crippen LogP contribution in [0, 0.1) is 5.92 Å². The predicted octanol–water partition coefficient (Wildman–Crippen LogP) is 2.12. The Balaban J connectivity index is 2.47. The number of aliphatic carboxylic acids is 1. The van der Waals surface area contributed by atoms with Gasteiger partial charge in [0.25, 0.3) is 0 Å². The smallest absolute Gasteiger partial charge is 0.332 e. The van der Waals surface area contributed by atoms with Gasteiger partial charge in [0.05, 0.1) is 5.92 Å². The Labute approximate surface area is 97.2 Å². The average Bonchev–Trinajstić information content (AvgIpc) is 2.82. The van der Waals surface area contributed by atoms with Crippen molar-refractivity contribution in [3.05, 3.63) is 18.5 Å². The molecule has 1 saturated carbocycles. The number of nitrogens with zero attached hydrogens (tertiary/aromatic N) is 2. The molecule has 1 fully saturated rings. The van der Waals surface area contributed by atoms with Crippen molar-refractivity contribution in [2.45, 2.75) is 37.6 Å². The molecule has 0 radical (unpaired) electrons. The van der Waals surface area contributed by atoms with Crippen LogP contribution in [-0.2, 0) is 10.3 Å². The molecule has 1 heterocycles. The Hall–Kier alpha value is -1.46. The molecule has 0 amide bonds. The van der Waals surface area contributed by atoms with E-state index in [1.165, 1.54) is 17.1 Å². The van der Waals surface area contributed by atoms with Crippen molar-refractivity contribution in [1.29, 1.82) is 0 Å². The molecule has 0 bridgehead atoms. The summed E-state index contributed by atoms with van der Waals surface area (Å²) in [6, 6.07) is 1.56. The standard InChI is InChI=1S/C11H14F2N2O2/c12-9(13)8-4-1-2-5-11(8,10(16)17)15-7-3-6-14-15/h3,6-9H,1-2,4-5H2,(H,16,17). The number of carboxylic acids is 1. The molecule has 2 rings (SSSR count). The highest BCUT2D eigenvalue weighted by molar-refractivity contribution is 5.77. The van der Waals surface area contributed by atoms with E-state index in [4.69, 9.17) is 0 Å². The maximum absolute atomic E-state index is 13.1. The zero-order valence-electron chi connectivity index (χ0n) is 9.22. The normalized spacial score (nSPS) is 29.5. The molecule has 1 N–H and O–H groups in total. The van der Waals surface area contributed by atoms with Crippen molar-refractivity contribution in [1.82, 2.24) is 9.78 Å². The maximum Gasteiger partial charge on any atom is 0.332 e. The zero-order chi connectivity index (χ0) is 12.5. The zero-order valence-corrected chi connectivity index (χ0v) is 9.22. The number of hydrogen-bond donors (Lipinski definition) is 1. The molecule has 1 aliphatic carbocycles. The van der Waals surface area contributed by atoms with Gasteiger partial charge in [0.1, 0.15) is 0 Å². The molecule has 6 heteroatoms. The summed E-state index contributed by atoms with van der Waals surface area (Å²) in [6.45, 7) is 0. The van der Waals surface area contributed by atoms with Gasteiger partial charge in [0.2, 0.25) is 6.43 Å². The van der Waals surface area contributed by atoms with Crippen LogP contribution in [0.15, 0.2) is 18.5 Å². The fourth-order valence-corrected chi connectivity index (χ4v) is 2.67. The number of carboxylic acid groups (broad SMARTS) is 1. The van der Waals surface area contributed by atoms with E-state index in [0.29, 0.717) is 12.8 Å². The molecule has 4 nitrogen and oxygen atoms in total. The van der Waals surface area contributed by atoms with Crippen LogP contribution in [-0.4, -0.2) is 27.3 Å².